The first kappa shape index (κ1) is 19.8. The number of aromatic nitrogens is 1. The number of para-hydroxylation sites is 2. The van der Waals surface area contributed by atoms with Gasteiger partial charge in [0.1, 0.15) is 0 Å². The molecular formula is C25H25N3O2S. The minimum atomic E-state index is -3.00. The number of rotatable bonds is 5. The second-order valence-electron chi connectivity index (χ2n) is 8.02. The van der Waals surface area contributed by atoms with E-state index in [1.807, 2.05) is 41.6 Å². The van der Waals surface area contributed by atoms with E-state index in [9.17, 15) is 8.42 Å². The minimum absolute atomic E-state index is 0.141. The van der Waals surface area contributed by atoms with Crippen molar-refractivity contribution in [3.63, 3.8) is 0 Å². The SMILES string of the molecule is CCn1c2ccccc2c2cc(/C=N/N(c3ccccc3)C3CCS(=O)(=O)C3)ccc21. The maximum Gasteiger partial charge on any atom is 0.152 e. The Kier molecular flexibility index (Phi) is 5.02. The molecule has 5 rings (SSSR count). The topological polar surface area (TPSA) is 54.7 Å². The first-order chi connectivity index (χ1) is 15.1. The van der Waals surface area contributed by atoms with Crippen LogP contribution in [0.5, 0.6) is 0 Å². The van der Waals surface area contributed by atoms with Gasteiger partial charge in [-0.25, -0.2) is 8.42 Å². The number of aryl methyl sites for hydroxylation is 1. The summed E-state index contributed by atoms with van der Waals surface area (Å²) in [5, 5.41) is 9.07. The fourth-order valence-corrected chi connectivity index (χ4v) is 6.23. The highest BCUT2D eigenvalue weighted by molar-refractivity contribution is 7.91. The van der Waals surface area contributed by atoms with E-state index in [1.165, 1.54) is 21.8 Å². The van der Waals surface area contributed by atoms with Crippen LogP contribution in [0, 0.1) is 0 Å². The Morgan fingerprint density at radius 2 is 1.74 bits per heavy atom. The van der Waals surface area contributed by atoms with E-state index >= 15 is 0 Å². The largest absolute Gasteiger partial charge is 0.341 e. The van der Waals surface area contributed by atoms with Crippen molar-refractivity contribution in [2.75, 3.05) is 16.5 Å². The van der Waals surface area contributed by atoms with Crippen molar-refractivity contribution in [2.45, 2.75) is 25.9 Å². The number of sulfone groups is 1. The van der Waals surface area contributed by atoms with Crippen molar-refractivity contribution < 1.29 is 8.42 Å². The van der Waals surface area contributed by atoms with Gasteiger partial charge in [-0.1, -0.05) is 42.5 Å². The van der Waals surface area contributed by atoms with E-state index < -0.39 is 9.84 Å². The van der Waals surface area contributed by atoms with Gasteiger partial charge in [-0.15, -0.1) is 0 Å². The molecule has 0 radical (unpaired) electrons. The molecule has 3 aromatic carbocycles. The third-order valence-corrected chi connectivity index (χ3v) is 7.77. The number of benzene rings is 3. The van der Waals surface area contributed by atoms with Gasteiger partial charge < -0.3 is 4.57 Å². The number of fused-ring (bicyclic) bond motifs is 3. The average molecular weight is 432 g/mol. The van der Waals surface area contributed by atoms with Crippen LogP contribution in [0.15, 0.2) is 77.9 Å². The molecule has 0 N–H and O–H groups in total. The van der Waals surface area contributed by atoms with Crippen molar-refractivity contribution in [2.24, 2.45) is 5.10 Å². The van der Waals surface area contributed by atoms with Crippen molar-refractivity contribution in [1.82, 2.24) is 4.57 Å². The van der Waals surface area contributed by atoms with Crippen LogP contribution in [0.25, 0.3) is 21.8 Å². The number of nitrogens with zero attached hydrogens (tertiary/aromatic N) is 3. The zero-order valence-electron chi connectivity index (χ0n) is 17.5. The predicted molar refractivity (Wildman–Crippen MR) is 129 cm³/mol. The third-order valence-electron chi connectivity index (χ3n) is 6.02. The van der Waals surface area contributed by atoms with Crippen LogP contribution in [0.2, 0.25) is 0 Å². The van der Waals surface area contributed by atoms with Gasteiger partial charge in [0.25, 0.3) is 0 Å². The smallest absolute Gasteiger partial charge is 0.152 e. The maximum absolute atomic E-state index is 12.1. The summed E-state index contributed by atoms with van der Waals surface area (Å²) in [5.74, 6) is 0.362. The highest BCUT2D eigenvalue weighted by Gasteiger charge is 2.32. The second-order valence-corrected chi connectivity index (χ2v) is 10.2. The number of hydrogen-bond acceptors (Lipinski definition) is 4. The molecule has 1 saturated heterocycles. The number of hydrazone groups is 1. The number of anilines is 1. The molecule has 2 heterocycles. The fraction of sp³-hybridized carbons (Fsp3) is 0.240. The van der Waals surface area contributed by atoms with E-state index in [0.717, 1.165) is 17.8 Å². The molecule has 1 aromatic heterocycles. The van der Waals surface area contributed by atoms with E-state index in [0.29, 0.717) is 6.42 Å². The van der Waals surface area contributed by atoms with Crippen molar-refractivity contribution in [3.05, 3.63) is 78.4 Å². The summed E-state index contributed by atoms with van der Waals surface area (Å²) in [7, 11) is -3.00. The molecule has 1 aliphatic rings. The predicted octanol–water partition coefficient (Wildman–Crippen LogP) is 4.84. The molecule has 1 unspecified atom stereocenters. The molecule has 1 fully saturated rings. The number of hydrogen-bond donors (Lipinski definition) is 0. The van der Waals surface area contributed by atoms with Crippen molar-refractivity contribution in [3.8, 4) is 0 Å². The van der Waals surface area contributed by atoms with Gasteiger partial charge in [0, 0.05) is 28.4 Å². The summed E-state index contributed by atoms with van der Waals surface area (Å²) in [4.78, 5) is 0. The summed E-state index contributed by atoms with van der Waals surface area (Å²) >= 11 is 0. The van der Waals surface area contributed by atoms with Crippen molar-refractivity contribution in [1.29, 1.82) is 0 Å². The van der Waals surface area contributed by atoms with E-state index in [2.05, 4.69) is 54.0 Å². The van der Waals surface area contributed by atoms with Gasteiger partial charge in [0.05, 0.1) is 29.4 Å². The van der Waals surface area contributed by atoms with Crippen molar-refractivity contribution >= 4 is 43.5 Å². The van der Waals surface area contributed by atoms with Gasteiger partial charge in [-0.3, -0.25) is 5.01 Å². The Bertz CT molecular complexity index is 1370. The zero-order valence-corrected chi connectivity index (χ0v) is 18.3. The molecule has 31 heavy (non-hydrogen) atoms. The highest BCUT2D eigenvalue weighted by Crippen LogP contribution is 2.30. The van der Waals surface area contributed by atoms with E-state index in [-0.39, 0.29) is 17.5 Å². The van der Waals surface area contributed by atoms with Gasteiger partial charge >= 0.3 is 0 Å². The van der Waals surface area contributed by atoms with Crippen LogP contribution in [-0.2, 0) is 16.4 Å². The van der Waals surface area contributed by atoms with Crippen LogP contribution in [0.4, 0.5) is 5.69 Å². The Balaban J connectivity index is 1.55. The fourth-order valence-electron chi connectivity index (χ4n) is 4.54. The normalized spacial score (nSPS) is 18.3. The van der Waals surface area contributed by atoms with Crippen LogP contribution in [-0.4, -0.2) is 36.7 Å². The van der Waals surface area contributed by atoms with Gasteiger partial charge in [-0.2, -0.15) is 5.10 Å². The lowest BCUT2D eigenvalue weighted by molar-refractivity contribution is 0.600. The molecule has 0 spiro atoms. The van der Waals surface area contributed by atoms with Crippen LogP contribution < -0.4 is 5.01 Å². The van der Waals surface area contributed by atoms with E-state index in [1.54, 1.807) is 0 Å². The summed E-state index contributed by atoms with van der Waals surface area (Å²) in [6.45, 7) is 3.07. The van der Waals surface area contributed by atoms with Gasteiger partial charge in [0.2, 0.25) is 0 Å². The lowest BCUT2D eigenvalue weighted by Crippen LogP contribution is -2.31. The molecule has 1 atom stereocenters. The summed E-state index contributed by atoms with van der Waals surface area (Å²) in [5.41, 5.74) is 4.34. The van der Waals surface area contributed by atoms with E-state index in [4.69, 9.17) is 5.10 Å². The lowest BCUT2D eigenvalue weighted by atomic mass is 10.1. The minimum Gasteiger partial charge on any atom is -0.341 e. The first-order valence-electron chi connectivity index (χ1n) is 10.7. The quantitative estimate of drug-likeness (QED) is 0.336. The third kappa shape index (κ3) is 3.72. The molecular weight excluding hydrogens is 406 g/mol. The molecule has 0 saturated carbocycles. The van der Waals surface area contributed by atoms with Gasteiger partial charge in [0.15, 0.2) is 9.84 Å². The lowest BCUT2D eigenvalue weighted by Gasteiger charge is -2.25. The molecule has 6 heteroatoms. The first-order valence-corrected chi connectivity index (χ1v) is 12.5. The summed E-state index contributed by atoms with van der Waals surface area (Å²) < 4.78 is 26.5. The molecule has 4 aromatic rings. The molecule has 0 amide bonds. The molecule has 5 nitrogen and oxygen atoms in total. The maximum atomic E-state index is 12.1. The summed E-state index contributed by atoms with van der Waals surface area (Å²) in [6.07, 6.45) is 2.44. The van der Waals surface area contributed by atoms with Crippen LogP contribution in [0.1, 0.15) is 18.9 Å². The Morgan fingerprint density at radius 1 is 1.00 bits per heavy atom. The zero-order chi connectivity index (χ0) is 21.4. The molecule has 0 aliphatic carbocycles. The molecule has 0 bridgehead atoms. The Morgan fingerprint density at radius 3 is 2.48 bits per heavy atom. The highest BCUT2D eigenvalue weighted by atomic mass is 32.2. The Hall–Kier alpha value is -3.12. The van der Waals surface area contributed by atoms with Crippen LogP contribution >= 0.6 is 0 Å². The molecule has 158 valence electrons. The second kappa shape index (κ2) is 7.85. The molecule has 1 aliphatic heterocycles. The Labute approximate surface area is 182 Å². The average Bonchev–Trinajstić information content (AvgIpc) is 3.31. The standard InChI is InChI=1S/C25H25N3O2S/c1-2-27-24-11-7-6-10-22(24)23-16-19(12-13-25(23)27)17-26-28(20-8-4-3-5-9-20)21-14-15-31(29,30)18-21/h3-13,16-17,21H,2,14-15,18H2,1H3/b26-17+. The van der Waals surface area contributed by atoms with Crippen LogP contribution in [0.3, 0.4) is 0 Å². The monoisotopic (exact) mass is 431 g/mol. The summed E-state index contributed by atoms with van der Waals surface area (Å²) in [6, 6.07) is 24.5. The van der Waals surface area contributed by atoms with Gasteiger partial charge in [-0.05, 0) is 49.2 Å².